The van der Waals surface area contributed by atoms with Crippen molar-refractivity contribution in [1.29, 1.82) is 0 Å². The van der Waals surface area contributed by atoms with Crippen LogP contribution in [-0.4, -0.2) is 13.2 Å². The maximum Gasteiger partial charge on any atom is 0.387 e. The fraction of sp³-hybridized carbons (Fsp3) is 0.538. The molecule has 0 unspecified atom stereocenters. The monoisotopic (exact) mass is 445 g/mol. The Morgan fingerprint density at radius 1 is 0.774 bits per heavy atom. The lowest BCUT2D eigenvalue weighted by Crippen LogP contribution is -2.11. The summed E-state index contributed by atoms with van der Waals surface area (Å²) in [7, 11) is -1.58. The SMILES string of the molecule is CC(C)(C)c1cccc2c1op(OCCN)oc1c(C(C)(C)C)cccc12.CCCC. The third kappa shape index (κ3) is 6.38. The van der Waals surface area contributed by atoms with Gasteiger partial charge in [0.1, 0.15) is 11.2 Å². The van der Waals surface area contributed by atoms with Gasteiger partial charge >= 0.3 is 8.24 Å². The Morgan fingerprint density at radius 2 is 1.19 bits per heavy atom. The van der Waals surface area contributed by atoms with Crippen LogP contribution in [0.25, 0.3) is 21.9 Å². The fourth-order valence-corrected chi connectivity index (χ4v) is 4.31. The van der Waals surface area contributed by atoms with Gasteiger partial charge in [0.05, 0.1) is 6.61 Å². The van der Waals surface area contributed by atoms with Crippen LogP contribution in [0.3, 0.4) is 0 Å². The number of nitrogens with two attached hydrogens (primary N) is 1. The van der Waals surface area contributed by atoms with Crippen LogP contribution < -0.4 is 10.3 Å². The summed E-state index contributed by atoms with van der Waals surface area (Å²) in [5.74, 6) is 0. The van der Waals surface area contributed by atoms with E-state index in [-0.39, 0.29) is 10.8 Å². The average Bonchev–Trinajstić information content (AvgIpc) is 2.87. The molecule has 0 atom stereocenters. The van der Waals surface area contributed by atoms with Gasteiger partial charge in [-0.15, -0.1) is 0 Å². The largest absolute Gasteiger partial charge is 0.399 e. The quantitative estimate of drug-likeness (QED) is 0.441. The molecule has 2 N–H and O–H groups in total. The highest BCUT2D eigenvalue weighted by Gasteiger charge is 2.23. The van der Waals surface area contributed by atoms with E-state index in [9.17, 15) is 0 Å². The summed E-state index contributed by atoms with van der Waals surface area (Å²) in [6.45, 7) is 18.3. The van der Waals surface area contributed by atoms with Crippen LogP contribution in [0.1, 0.15) is 79.4 Å². The van der Waals surface area contributed by atoms with Crippen molar-refractivity contribution < 1.29 is 12.9 Å². The van der Waals surface area contributed by atoms with Gasteiger partial charge in [-0.2, -0.15) is 0 Å². The molecule has 0 aliphatic heterocycles. The van der Waals surface area contributed by atoms with Crippen molar-refractivity contribution in [2.75, 3.05) is 13.2 Å². The lowest BCUT2D eigenvalue weighted by molar-refractivity contribution is 0.380. The Hall–Kier alpha value is -1.74. The lowest BCUT2D eigenvalue weighted by atomic mass is 9.84. The molecule has 0 aliphatic rings. The van der Waals surface area contributed by atoms with E-state index in [1.807, 2.05) is 0 Å². The molecule has 31 heavy (non-hydrogen) atoms. The summed E-state index contributed by atoms with van der Waals surface area (Å²) in [6, 6.07) is 12.6. The first-order chi connectivity index (χ1) is 14.5. The van der Waals surface area contributed by atoms with Gasteiger partial charge in [0.15, 0.2) is 0 Å². The second-order valence-electron chi connectivity index (χ2n) is 9.89. The number of unbranched alkanes of at least 4 members (excludes halogenated alkanes) is 1. The first-order valence-corrected chi connectivity index (χ1v) is 12.4. The molecular formula is C26H40NO3P. The molecule has 3 aromatic rings. The van der Waals surface area contributed by atoms with Crippen molar-refractivity contribution >= 4 is 30.2 Å². The first-order valence-electron chi connectivity index (χ1n) is 11.3. The summed E-state index contributed by atoms with van der Waals surface area (Å²) < 4.78 is 18.5. The number of rotatable bonds is 4. The van der Waals surface area contributed by atoms with Gasteiger partial charge in [-0.3, -0.25) is 4.52 Å². The predicted molar refractivity (Wildman–Crippen MR) is 135 cm³/mol. The second-order valence-corrected chi connectivity index (χ2v) is 11.0. The molecule has 5 heteroatoms. The van der Waals surface area contributed by atoms with Crippen LogP contribution in [-0.2, 0) is 10.8 Å². The number of benzene rings is 2. The molecule has 0 amide bonds. The van der Waals surface area contributed by atoms with Crippen molar-refractivity contribution in [2.45, 2.75) is 79.1 Å². The minimum absolute atomic E-state index is 0.0631. The molecule has 1 heterocycles. The molecular weight excluding hydrogens is 405 g/mol. The fourth-order valence-electron chi connectivity index (χ4n) is 3.22. The number of fused-ring (bicyclic) bond motifs is 3. The van der Waals surface area contributed by atoms with Gasteiger partial charge in [0.25, 0.3) is 0 Å². The van der Waals surface area contributed by atoms with E-state index in [0.29, 0.717) is 13.2 Å². The van der Waals surface area contributed by atoms with E-state index >= 15 is 0 Å². The second kappa shape index (κ2) is 10.7. The summed E-state index contributed by atoms with van der Waals surface area (Å²) in [6.07, 6.45) is 2.64. The lowest BCUT2D eigenvalue weighted by Gasteiger charge is -2.20. The topological polar surface area (TPSA) is 61.5 Å². The highest BCUT2D eigenvalue weighted by molar-refractivity contribution is 7.31. The zero-order valence-electron chi connectivity index (χ0n) is 20.5. The minimum Gasteiger partial charge on any atom is -0.399 e. The summed E-state index contributed by atoms with van der Waals surface area (Å²) in [4.78, 5) is 0. The molecule has 0 aliphatic carbocycles. The normalized spacial score (nSPS) is 12.0. The molecule has 3 rings (SSSR count). The van der Waals surface area contributed by atoms with Crippen LogP contribution in [0.4, 0.5) is 0 Å². The van der Waals surface area contributed by atoms with Crippen molar-refractivity contribution in [1.82, 2.24) is 0 Å². The molecule has 0 saturated carbocycles. The summed E-state index contributed by atoms with van der Waals surface area (Å²) in [5.41, 5.74) is 9.49. The van der Waals surface area contributed by atoms with Crippen LogP contribution in [0.15, 0.2) is 44.8 Å². The van der Waals surface area contributed by atoms with Crippen molar-refractivity contribution in [3.63, 3.8) is 0 Å². The van der Waals surface area contributed by atoms with Gasteiger partial charge in [-0.05, 0) is 10.8 Å². The third-order valence-corrected chi connectivity index (χ3v) is 6.14. The molecule has 0 fully saturated rings. The van der Waals surface area contributed by atoms with Gasteiger partial charge in [-0.25, -0.2) is 0 Å². The molecule has 0 saturated heterocycles. The molecule has 172 valence electrons. The van der Waals surface area contributed by atoms with Gasteiger partial charge in [-0.1, -0.05) is 105 Å². The number of para-hydroxylation sites is 2. The molecule has 0 bridgehead atoms. The molecule has 0 radical (unpaired) electrons. The van der Waals surface area contributed by atoms with E-state index in [2.05, 4.69) is 91.8 Å². The van der Waals surface area contributed by atoms with E-state index in [4.69, 9.17) is 18.7 Å². The van der Waals surface area contributed by atoms with Crippen LogP contribution in [0.5, 0.6) is 0 Å². The van der Waals surface area contributed by atoms with Crippen molar-refractivity contribution in [3.8, 4) is 0 Å². The standard InChI is InChI=1S/C22H30NO3P.C4H10/c1-21(2,3)17-11-7-9-15-16-10-8-12-18(22(4,5)6)20(16)26-27(24-14-13-23)25-19(15)17;1-3-4-2/h7-12H,13-14,23H2,1-6H3;3-4H2,1-2H3. The van der Waals surface area contributed by atoms with E-state index in [1.165, 1.54) is 12.8 Å². The Kier molecular flexibility index (Phi) is 8.83. The maximum atomic E-state index is 6.33. The highest BCUT2D eigenvalue weighted by Crippen LogP contribution is 2.41. The number of hydrogen-bond donors (Lipinski definition) is 1. The average molecular weight is 446 g/mol. The van der Waals surface area contributed by atoms with Gasteiger partial charge in [0, 0.05) is 28.4 Å². The van der Waals surface area contributed by atoms with Gasteiger partial charge in [0.2, 0.25) is 0 Å². The molecule has 4 nitrogen and oxygen atoms in total. The zero-order chi connectivity index (χ0) is 23.2. The molecule has 1 aromatic heterocycles. The van der Waals surface area contributed by atoms with Crippen LogP contribution in [0.2, 0.25) is 0 Å². The maximum absolute atomic E-state index is 6.33. The smallest absolute Gasteiger partial charge is 0.387 e. The van der Waals surface area contributed by atoms with E-state index < -0.39 is 8.24 Å². The summed E-state index contributed by atoms with van der Waals surface area (Å²) in [5, 5.41) is 2.09. The number of hydrogen-bond acceptors (Lipinski definition) is 4. The third-order valence-electron chi connectivity index (χ3n) is 5.08. The Morgan fingerprint density at radius 3 is 1.52 bits per heavy atom. The van der Waals surface area contributed by atoms with Crippen LogP contribution >= 0.6 is 8.24 Å². The van der Waals surface area contributed by atoms with Crippen molar-refractivity contribution in [2.24, 2.45) is 5.73 Å². The molecule has 2 aromatic carbocycles. The minimum atomic E-state index is -1.58. The van der Waals surface area contributed by atoms with E-state index in [1.54, 1.807) is 0 Å². The first kappa shape index (κ1) is 25.5. The molecule has 0 spiro atoms. The predicted octanol–water partition coefficient (Wildman–Crippen LogP) is 8.08. The Labute approximate surface area is 188 Å². The Balaban J connectivity index is 0.000000785. The zero-order valence-corrected chi connectivity index (χ0v) is 21.4. The van der Waals surface area contributed by atoms with E-state index in [0.717, 1.165) is 33.1 Å². The van der Waals surface area contributed by atoms with Crippen LogP contribution in [0, 0.1) is 0 Å². The Bertz CT molecular complexity index is 948. The highest BCUT2D eigenvalue weighted by atomic mass is 31.1. The van der Waals surface area contributed by atoms with Gasteiger partial charge < -0.3 is 14.1 Å². The summed E-state index contributed by atoms with van der Waals surface area (Å²) >= 11 is 0. The van der Waals surface area contributed by atoms with Crippen molar-refractivity contribution in [3.05, 3.63) is 47.5 Å².